The van der Waals surface area contributed by atoms with E-state index in [1.54, 1.807) is 13.8 Å². The van der Waals surface area contributed by atoms with Gasteiger partial charge < -0.3 is 9.42 Å². The summed E-state index contributed by atoms with van der Waals surface area (Å²) in [6.45, 7) is 6.90. The number of sulfonamides is 1. The highest BCUT2D eigenvalue weighted by Gasteiger charge is 2.35. The second-order valence-electron chi connectivity index (χ2n) is 5.89. The summed E-state index contributed by atoms with van der Waals surface area (Å²) in [4.78, 5) is 2.44. The van der Waals surface area contributed by atoms with Crippen molar-refractivity contribution in [2.24, 2.45) is 0 Å². The third-order valence-corrected chi connectivity index (χ3v) is 6.35. The molecule has 3 rings (SSSR count). The van der Waals surface area contributed by atoms with E-state index in [1.807, 2.05) is 25.1 Å². The maximum absolute atomic E-state index is 12.9. The Balaban J connectivity index is 1.83. The van der Waals surface area contributed by atoms with Gasteiger partial charge in [-0.05, 0) is 32.9 Å². The zero-order valence-corrected chi connectivity index (χ0v) is 14.4. The summed E-state index contributed by atoms with van der Waals surface area (Å²) < 4.78 is 32.3. The van der Waals surface area contributed by atoms with Crippen LogP contribution in [-0.4, -0.2) is 43.6 Å². The summed E-state index contributed by atoms with van der Waals surface area (Å²) in [5.74, 6) is 0.348. The molecule has 6 nitrogen and oxygen atoms in total. The van der Waals surface area contributed by atoms with E-state index in [0.717, 1.165) is 5.69 Å². The summed E-state index contributed by atoms with van der Waals surface area (Å²) >= 11 is 0. The van der Waals surface area contributed by atoms with Crippen LogP contribution < -0.4 is 4.90 Å². The van der Waals surface area contributed by atoms with Crippen LogP contribution in [0, 0.1) is 13.8 Å². The third kappa shape index (κ3) is 2.86. The lowest BCUT2D eigenvalue weighted by Gasteiger charge is -2.40. The fraction of sp³-hybridized carbons (Fsp3) is 0.438. The number of aromatic nitrogens is 1. The van der Waals surface area contributed by atoms with Crippen molar-refractivity contribution in [1.29, 1.82) is 0 Å². The van der Waals surface area contributed by atoms with Gasteiger partial charge in [0.2, 0.25) is 10.0 Å². The molecule has 0 N–H and O–H groups in total. The zero-order valence-electron chi connectivity index (χ0n) is 13.6. The fourth-order valence-electron chi connectivity index (χ4n) is 3.12. The zero-order chi connectivity index (χ0) is 16.6. The normalized spacial score (nSPS) is 20.0. The Morgan fingerprint density at radius 2 is 1.87 bits per heavy atom. The van der Waals surface area contributed by atoms with Crippen molar-refractivity contribution in [3.8, 4) is 0 Å². The van der Waals surface area contributed by atoms with Gasteiger partial charge in [0.25, 0.3) is 0 Å². The highest BCUT2D eigenvalue weighted by Crippen LogP contribution is 2.27. The van der Waals surface area contributed by atoms with Gasteiger partial charge in [0.1, 0.15) is 10.6 Å². The summed E-state index contributed by atoms with van der Waals surface area (Å²) in [7, 11) is -3.57. The van der Waals surface area contributed by atoms with Crippen LogP contribution in [0.5, 0.6) is 0 Å². The molecule has 124 valence electrons. The lowest BCUT2D eigenvalue weighted by Crippen LogP contribution is -2.53. The molecule has 7 heteroatoms. The van der Waals surface area contributed by atoms with Crippen molar-refractivity contribution >= 4 is 15.7 Å². The fourth-order valence-corrected chi connectivity index (χ4v) is 4.92. The second kappa shape index (κ2) is 5.98. The molecule has 1 fully saturated rings. The van der Waals surface area contributed by atoms with E-state index >= 15 is 0 Å². The third-order valence-electron chi connectivity index (χ3n) is 4.24. The molecule has 1 aromatic carbocycles. The van der Waals surface area contributed by atoms with Gasteiger partial charge in [-0.15, -0.1) is 0 Å². The SMILES string of the molecule is Cc1noc(C)c1S(=O)(=O)N1CCN(c2ccccc2)C(C)C1. The molecule has 23 heavy (non-hydrogen) atoms. The first-order valence-electron chi connectivity index (χ1n) is 7.66. The average Bonchev–Trinajstić information content (AvgIpc) is 2.87. The predicted octanol–water partition coefficient (Wildman–Crippen LogP) is 2.19. The molecular weight excluding hydrogens is 314 g/mol. The summed E-state index contributed by atoms with van der Waals surface area (Å²) in [5, 5.41) is 3.77. The molecule has 0 amide bonds. The maximum atomic E-state index is 12.9. The van der Waals surface area contributed by atoms with Gasteiger partial charge in [-0.1, -0.05) is 23.4 Å². The number of rotatable bonds is 3. The van der Waals surface area contributed by atoms with E-state index < -0.39 is 10.0 Å². The molecule has 0 saturated carbocycles. The average molecular weight is 335 g/mol. The monoisotopic (exact) mass is 335 g/mol. The van der Waals surface area contributed by atoms with Crippen LogP contribution in [0.4, 0.5) is 5.69 Å². The summed E-state index contributed by atoms with van der Waals surface area (Å²) in [5.41, 5.74) is 1.54. The predicted molar refractivity (Wildman–Crippen MR) is 88.0 cm³/mol. The Morgan fingerprint density at radius 1 is 1.17 bits per heavy atom. The summed E-state index contributed by atoms with van der Waals surface area (Å²) in [6.07, 6.45) is 0. The van der Waals surface area contributed by atoms with Crippen LogP contribution in [-0.2, 0) is 10.0 Å². The first-order valence-corrected chi connectivity index (χ1v) is 9.10. The molecule has 1 aliphatic rings. The Labute approximate surface area is 136 Å². The van der Waals surface area contributed by atoms with Crippen molar-refractivity contribution < 1.29 is 12.9 Å². The van der Waals surface area contributed by atoms with Gasteiger partial charge in [-0.2, -0.15) is 4.31 Å². The molecule has 0 aliphatic carbocycles. The van der Waals surface area contributed by atoms with Crippen molar-refractivity contribution in [1.82, 2.24) is 9.46 Å². The van der Waals surface area contributed by atoms with Crippen LogP contribution in [0.2, 0.25) is 0 Å². The topological polar surface area (TPSA) is 66.7 Å². The van der Waals surface area contributed by atoms with Gasteiger partial charge in [0.15, 0.2) is 5.76 Å². The number of nitrogens with zero attached hydrogens (tertiary/aromatic N) is 3. The van der Waals surface area contributed by atoms with Crippen LogP contribution in [0.15, 0.2) is 39.8 Å². The van der Waals surface area contributed by atoms with Gasteiger partial charge in [-0.3, -0.25) is 0 Å². The maximum Gasteiger partial charge on any atom is 0.248 e. The van der Waals surface area contributed by atoms with Crippen LogP contribution in [0.3, 0.4) is 0 Å². The largest absolute Gasteiger partial charge is 0.366 e. The minimum atomic E-state index is -3.57. The van der Waals surface area contributed by atoms with E-state index in [-0.39, 0.29) is 10.9 Å². The van der Waals surface area contributed by atoms with Crippen molar-refractivity contribution in [3.05, 3.63) is 41.8 Å². The highest BCUT2D eigenvalue weighted by molar-refractivity contribution is 7.89. The molecule has 1 unspecified atom stereocenters. The second-order valence-corrected chi connectivity index (χ2v) is 7.77. The standard InChI is InChI=1S/C16H21N3O3S/c1-12-11-18(9-10-19(12)15-7-5-4-6-8-15)23(20,21)16-13(2)17-22-14(16)3/h4-8,12H,9-11H2,1-3H3. The molecule has 0 radical (unpaired) electrons. The molecular formula is C16H21N3O3S. The number of benzene rings is 1. The van der Waals surface area contributed by atoms with E-state index in [0.29, 0.717) is 31.1 Å². The Morgan fingerprint density at radius 3 is 2.43 bits per heavy atom. The minimum Gasteiger partial charge on any atom is -0.366 e. The number of hydrogen-bond acceptors (Lipinski definition) is 5. The van der Waals surface area contributed by atoms with E-state index in [1.165, 1.54) is 4.31 Å². The van der Waals surface area contributed by atoms with E-state index in [2.05, 4.69) is 22.2 Å². The summed E-state index contributed by atoms with van der Waals surface area (Å²) in [6, 6.07) is 10.2. The lowest BCUT2D eigenvalue weighted by molar-refractivity contribution is 0.341. The Kier molecular flexibility index (Phi) is 4.16. The minimum absolute atomic E-state index is 0.0985. The Hall–Kier alpha value is -1.86. The smallest absolute Gasteiger partial charge is 0.248 e. The number of piperazine rings is 1. The molecule has 1 saturated heterocycles. The molecule has 2 aromatic rings. The number of anilines is 1. The quantitative estimate of drug-likeness (QED) is 0.860. The number of hydrogen-bond donors (Lipinski definition) is 0. The van der Waals surface area contributed by atoms with Gasteiger partial charge in [-0.25, -0.2) is 8.42 Å². The van der Waals surface area contributed by atoms with Gasteiger partial charge in [0.05, 0.1) is 0 Å². The van der Waals surface area contributed by atoms with Crippen LogP contribution in [0.25, 0.3) is 0 Å². The van der Waals surface area contributed by atoms with Crippen molar-refractivity contribution in [2.45, 2.75) is 31.7 Å². The van der Waals surface area contributed by atoms with Crippen LogP contribution >= 0.6 is 0 Å². The molecule has 0 spiro atoms. The molecule has 1 atom stereocenters. The number of aryl methyl sites for hydroxylation is 2. The highest BCUT2D eigenvalue weighted by atomic mass is 32.2. The first kappa shape index (κ1) is 16.0. The molecule has 2 heterocycles. The first-order chi connectivity index (χ1) is 10.9. The van der Waals surface area contributed by atoms with Gasteiger partial charge in [0, 0.05) is 31.4 Å². The number of para-hydroxylation sites is 1. The van der Waals surface area contributed by atoms with Crippen LogP contribution in [0.1, 0.15) is 18.4 Å². The molecule has 1 aromatic heterocycles. The molecule has 1 aliphatic heterocycles. The Bertz CT molecular complexity index is 767. The van der Waals surface area contributed by atoms with Gasteiger partial charge >= 0.3 is 0 Å². The molecule has 0 bridgehead atoms. The van der Waals surface area contributed by atoms with E-state index in [9.17, 15) is 8.42 Å². The van der Waals surface area contributed by atoms with Crippen molar-refractivity contribution in [2.75, 3.05) is 24.5 Å². The van der Waals surface area contributed by atoms with Crippen molar-refractivity contribution in [3.63, 3.8) is 0 Å². The van der Waals surface area contributed by atoms with E-state index in [4.69, 9.17) is 4.52 Å². The lowest BCUT2D eigenvalue weighted by atomic mass is 10.2.